The molecule has 14 aromatic rings. The van der Waals surface area contributed by atoms with Crippen molar-refractivity contribution >= 4 is 77.2 Å². The van der Waals surface area contributed by atoms with Crippen LogP contribution in [0.15, 0.2) is 291 Å². The SMILES string of the molecule is CC(C)(C)c1ccc(N(c2ccc(-c3ccc4ccccc4c3)cc2)c2ccc3c(c2)C2(c4ccccc4Oc4ccccc42)c2c-3c3ccccc3c3cc(N(c4ccc(-c5ccc6ccccc6c5)cc4)c4ccc(C(C)(C)C)cc4)ccc23)cc1. The summed E-state index contributed by atoms with van der Waals surface area (Å²) in [4.78, 5) is 4.88. The highest BCUT2D eigenvalue weighted by molar-refractivity contribution is 6.20. The Morgan fingerprint density at radius 3 is 1.18 bits per heavy atom. The van der Waals surface area contributed by atoms with Gasteiger partial charge in [0.1, 0.15) is 11.5 Å². The first-order valence-corrected chi connectivity index (χ1v) is 30.9. The highest BCUT2D eigenvalue weighted by Gasteiger charge is 2.53. The van der Waals surface area contributed by atoms with E-state index in [4.69, 9.17) is 4.74 Å². The molecule has 1 heterocycles. The number of anilines is 6. The van der Waals surface area contributed by atoms with E-state index < -0.39 is 5.41 Å². The molecule has 0 N–H and O–H groups in total. The summed E-state index contributed by atoms with van der Waals surface area (Å²) in [6.07, 6.45) is 0. The van der Waals surface area contributed by atoms with Gasteiger partial charge in [0.15, 0.2) is 0 Å². The van der Waals surface area contributed by atoms with Crippen LogP contribution in [0.4, 0.5) is 34.1 Å². The van der Waals surface area contributed by atoms with Crippen LogP contribution in [0.1, 0.15) is 74.9 Å². The van der Waals surface area contributed by atoms with Crippen LogP contribution >= 0.6 is 0 Å². The summed E-state index contributed by atoms with van der Waals surface area (Å²) < 4.78 is 7.04. The summed E-state index contributed by atoms with van der Waals surface area (Å²) >= 11 is 0. The van der Waals surface area contributed by atoms with E-state index in [2.05, 4.69) is 343 Å². The largest absolute Gasteiger partial charge is 0.457 e. The van der Waals surface area contributed by atoms with E-state index in [-0.39, 0.29) is 10.8 Å². The fraction of sp³-hybridized carbons (Fsp3) is 0.106. The van der Waals surface area contributed by atoms with Crippen molar-refractivity contribution in [2.45, 2.75) is 57.8 Å². The molecule has 0 amide bonds. The number of hydrogen-bond acceptors (Lipinski definition) is 3. The van der Waals surface area contributed by atoms with Gasteiger partial charge in [-0.15, -0.1) is 0 Å². The van der Waals surface area contributed by atoms with Crippen LogP contribution in [-0.4, -0.2) is 0 Å². The zero-order valence-corrected chi connectivity index (χ0v) is 50.5. The number of benzene rings is 14. The topological polar surface area (TPSA) is 15.7 Å². The summed E-state index contributed by atoms with van der Waals surface area (Å²) in [6, 6.07) is 109. The molecule has 1 spiro atoms. The van der Waals surface area contributed by atoms with Crippen molar-refractivity contribution in [2.75, 3.05) is 9.80 Å². The molecule has 3 heteroatoms. The first kappa shape index (κ1) is 53.0. The van der Waals surface area contributed by atoms with E-state index in [1.54, 1.807) is 0 Å². The van der Waals surface area contributed by atoms with Gasteiger partial charge in [-0.1, -0.05) is 236 Å². The van der Waals surface area contributed by atoms with Gasteiger partial charge in [-0.3, -0.25) is 0 Å². The smallest absolute Gasteiger partial charge is 0.132 e. The van der Waals surface area contributed by atoms with Crippen LogP contribution in [0.25, 0.3) is 76.5 Å². The monoisotopic (exact) mass is 1130 g/mol. The Morgan fingerprint density at radius 2 is 0.682 bits per heavy atom. The predicted octanol–water partition coefficient (Wildman–Crippen LogP) is 23.6. The van der Waals surface area contributed by atoms with Crippen molar-refractivity contribution in [1.29, 1.82) is 0 Å². The maximum Gasteiger partial charge on any atom is 0.132 e. The van der Waals surface area contributed by atoms with E-state index >= 15 is 0 Å². The lowest BCUT2D eigenvalue weighted by Crippen LogP contribution is -2.32. The van der Waals surface area contributed by atoms with Crippen LogP contribution in [0.2, 0.25) is 0 Å². The van der Waals surface area contributed by atoms with Gasteiger partial charge in [0.2, 0.25) is 0 Å². The molecule has 0 unspecified atom stereocenters. The molecule has 2 aliphatic rings. The van der Waals surface area contributed by atoms with Crippen molar-refractivity contribution in [1.82, 2.24) is 0 Å². The van der Waals surface area contributed by atoms with Crippen molar-refractivity contribution < 1.29 is 4.74 Å². The standard InChI is InChI=1S/C85H66N2O/c1-83(2,3)63-35-43-67(44-36-63)86(65-39-31-57(32-40-65)61-29-27-55-17-7-9-19-59(55)51-61)69-47-49-73-75(53-69)71-21-11-12-22-72(71)81-74-50-48-70(54-78(74)85(82(73)81)76-23-13-15-25-79(76)88-80-26-16-14-24-77(80)85)87(68-45-37-64(38-46-68)84(4,5)6)66-41-33-58(34-42-66)62-30-28-56-18-8-10-20-60(56)52-62/h7-54H,1-6H3. The van der Waals surface area contributed by atoms with Gasteiger partial charge in [0.05, 0.1) is 5.41 Å². The Balaban J connectivity index is 0.912. The molecule has 0 saturated carbocycles. The molecule has 1 aliphatic heterocycles. The molecule has 0 aromatic heterocycles. The lowest BCUT2D eigenvalue weighted by atomic mass is 9.65. The van der Waals surface area contributed by atoms with Gasteiger partial charge in [-0.25, -0.2) is 0 Å². The number of fused-ring (bicyclic) bond motifs is 16. The maximum absolute atomic E-state index is 7.04. The van der Waals surface area contributed by atoms with Gasteiger partial charge < -0.3 is 14.5 Å². The van der Waals surface area contributed by atoms with Crippen LogP contribution in [-0.2, 0) is 16.2 Å². The number of rotatable bonds is 8. The summed E-state index contributed by atoms with van der Waals surface area (Å²) in [7, 11) is 0. The molecule has 1 aliphatic carbocycles. The Hall–Kier alpha value is -10.5. The van der Waals surface area contributed by atoms with Crippen LogP contribution in [0.5, 0.6) is 11.5 Å². The maximum atomic E-state index is 7.04. The second-order valence-electron chi connectivity index (χ2n) is 26.1. The lowest BCUT2D eigenvalue weighted by molar-refractivity contribution is 0.437. The van der Waals surface area contributed by atoms with Gasteiger partial charge in [0.25, 0.3) is 0 Å². The summed E-state index contributed by atoms with van der Waals surface area (Å²) in [5.74, 6) is 1.72. The summed E-state index contributed by atoms with van der Waals surface area (Å²) in [5.41, 5.74) is 20.3. The molecular formula is C85H66N2O. The highest BCUT2D eigenvalue weighted by Crippen LogP contribution is 2.66. The fourth-order valence-electron chi connectivity index (χ4n) is 14.3. The number of nitrogens with zero attached hydrogens (tertiary/aromatic N) is 2. The third kappa shape index (κ3) is 8.62. The molecule has 88 heavy (non-hydrogen) atoms. The Labute approximate surface area is 516 Å². The molecule has 0 bridgehead atoms. The minimum absolute atomic E-state index is 0.00327. The van der Waals surface area contributed by atoms with E-state index in [1.165, 1.54) is 98.7 Å². The molecule has 0 radical (unpaired) electrons. The Kier molecular flexibility index (Phi) is 12.2. The molecule has 0 atom stereocenters. The second-order valence-corrected chi connectivity index (χ2v) is 26.1. The van der Waals surface area contributed by atoms with Gasteiger partial charge in [-0.05, 0) is 207 Å². The Bertz CT molecular complexity index is 5020. The molecule has 0 saturated heterocycles. The number of ether oxygens (including phenoxy) is 1. The van der Waals surface area contributed by atoms with Crippen molar-refractivity contribution in [3.8, 4) is 44.9 Å². The van der Waals surface area contributed by atoms with E-state index in [0.29, 0.717) is 0 Å². The highest BCUT2D eigenvalue weighted by atomic mass is 16.5. The molecule has 16 rings (SSSR count). The normalized spacial score (nSPS) is 13.1. The lowest BCUT2D eigenvalue weighted by Gasteiger charge is -2.40. The molecule has 3 nitrogen and oxygen atoms in total. The van der Waals surface area contributed by atoms with Crippen LogP contribution in [0, 0.1) is 0 Å². The minimum Gasteiger partial charge on any atom is -0.457 e. The Morgan fingerprint density at radius 1 is 0.284 bits per heavy atom. The molecular weight excluding hydrogens is 1060 g/mol. The van der Waals surface area contributed by atoms with Crippen LogP contribution < -0.4 is 14.5 Å². The van der Waals surface area contributed by atoms with Crippen molar-refractivity contribution in [3.63, 3.8) is 0 Å². The summed E-state index contributed by atoms with van der Waals surface area (Å²) in [5, 5.41) is 9.77. The zero-order chi connectivity index (χ0) is 59.5. The third-order valence-electron chi connectivity index (χ3n) is 18.8. The molecule has 14 aromatic carbocycles. The third-order valence-corrected chi connectivity index (χ3v) is 18.8. The average Bonchev–Trinajstić information content (AvgIpc) is 1.47. The van der Waals surface area contributed by atoms with Gasteiger partial charge in [0, 0.05) is 45.3 Å². The van der Waals surface area contributed by atoms with E-state index in [1.807, 2.05) is 0 Å². The average molecular weight is 1130 g/mol. The van der Waals surface area contributed by atoms with E-state index in [9.17, 15) is 0 Å². The van der Waals surface area contributed by atoms with Crippen molar-refractivity contribution in [2.24, 2.45) is 0 Å². The first-order chi connectivity index (χ1) is 42.9. The second kappa shape index (κ2) is 20.3. The minimum atomic E-state index is -0.793. The number of para-hydroxylation sites is 2. The molecule has 422 valence electrons. The van der Waals surface area contributed by atoms with E-state index in [0.717, 1.165) is 56.8 Å². The fourth-order valence-corrected chi connectivity index (χ4v) is 14.3. The number of hydrogen-bond donors (Lipinski definition) is 0. The first-order valence-electron chi connectivity index (χ1n) is 30.9. The quantitative estimate of drug-likeness (QED) is 0.141. The van der Waals surface area contributed by atoms with Crippen LogP contribution in [0.3, 0.4) is 0 Å². The van der Waals surface area contributed by atoms with Gasteiger partial charge in [-0.2, -0.15) is 0 Å². The van der Waals surface area contributed by atoms with Gasteiger partial charge >= 0.3 is 0 Å². The summed E-state index contributed by atoms with van der Waals surface area (Å²) in [6.45, 7) is 13.7. The predicted molar refractivity (Wildman–Crippen MR) is 371 cm³/mol. The zero-order valence-electron chi connectivity index (χ0n) is 50.5. The van der Waals surface area contributed by atoms with Crippen molar-refractivity contribution in [3.05, 3.63) is 325 Å². The molecule has 0 fully saturated rings.